The van der Waals surface area contributed by atoms with E-state index in [1.54, 1.807) is 17.5 Å². The number of rotatable bonds is 1. The van der Waals surface area contributed by atoms with E-state index in [4.69, 9.17) is 11.6 Å². The summed E-state index contributed by atoms with van der Waals surface area (Å²) in [5.41, 5.74) is 0.773. The van der Waals surface area contributed by atoms with Gasteiger partial charge < -0.3 is 0 Å². The van der Waals surface area contributed by atoms with Gasteiger partial charge >= 0.3 is 0 Å². The summed E-state index contributed by atoms with van der Waals surface area (Å²) in [4.78, 5) is 10.8. The summed E-state index contributed by atoms with van der Waals surface area (Å²) in [7, 11) is 0. The zero-order valence-electron chi connectivity index (χ0n) is 8.36. The first kappa shape index (κ1) is 9.74. The summed E-state index contributed by atoms with van der Waals surface area (Å²) in [6, 6.07) is 3.82. The normalized spacial score (nSPS) is 11.1. The first-order valence-electron chi connectivity index (χ1n) is 4.67. The number of thiophene rings is 1. The number of aromatic nitrogens is 4. The smallest absolute Gasteiger partial charge is 0.180 e. The lowest BCUT2D eigenvalue weighted by atomic mass is 10.3. The van der Waals surface area contributed by atoms with Gasteiger partial charge in [-0.2, -0.15) is 5.10 Å². The van der Waals surface area contributed by atoms with Crippen molar-refractivity contribution in [2.45, 2.75) is 6.92 Å². The van der Waals surface area contributed by atoms with Crippen LogP contribution in [0.1, 0.15) is 4.88 Å². The van der Waals surface area contributed by atoms with E-state index in [1.165, 1.54) is 4.88 Å². The van der Waals surface area contributed by atoms with Crippen LogP contribution in [-0.4, -0.2) is 20.2 Å². The molecule has 0 amide bonds. The van der Waals surface area contributed by atoms with Crippen LogP contribution in [0.25, 0.3) is 21.7 Å². The van der Waals surface area contributed by atoms with E-state index < -0.39 is 0 Å². The highest BCUT2D eigenvalue weighted by atomic mass is 35.5. The number of aromatic amines is 1. The molecule has 0 radical (unpaired) electrons. The van der Waals surface area contributed by atoms with E-state index in [0.717, 1.165) is 15.9 Å². The van der Waals surface area contributed by atoms with E-state index in [9.17, 15) is 0 Å². The molecule has 0 aliphatic rings. The van der Waals surface area contributed by atoms with Crippen LogP contribution < -0.4 is 0 Å². The van der Waals surface area contributed by atoms with Crippen LogP contribution in [0.2, 0.25) is 5.15 Å². The molecule has 4 nitrogen and oxygen atoms in total. The largest absolute Gasteiger partial charge is 0.275 e. The van der Waals surface area contributed by atoms with Crippen molar-refractivity contribution in [1.82, 2.24) is 20.2 Å². The van der Waals surface area contributed by atoms with Gasteiger partial charge in [-0.3, -0.25) is 5.10 Å². The van der Waals surface area contributed by atoms with Crippen molar-refractivity contribution in [3.8, 4) is 11.5 Å². The third-order valence-electron chi connectivity index (χ3n) is 2.21. The molecular formula is C10H7ClN4S. The Morgan fingerprint density at radius 2 is 2.25 bits per heavy atom. The Balaban J connectivity index is 2.28. The molecule has 3 rings (SSSR count). The molecule has 1 N–H and O–H groups in total. The summed E-state index contributed by atoms with van der Waals surface area (Å²) in [5.74, 6) is 0.580. The molecule has 0 bridgehead atoms. The predicted molar refractivity (Wildman–Crippen MR) is 64.7 cm³/mol. The first-order chi connectivity index (χ1) is 7.74. The molecular weight excluding hydrogens is 244 g/mol. The van der Waals surface area contributed by atoms with Gasteiger partial charge in [0.1, 0.15) is 15.7 Å². The molecule has 16 heavy (non-hydrogen) atoms. The highest BCUT2D eigenvalue weighted by molar-refractivity contribution is 7.18. The molecule has 3 heterocycles. The van der Waals surface area contributed by atoms with Gasteiger partial charge in [0.05, 0.1) is 0 Å². The quantitative estimate of drug-likeness (QED) is 0.676. The molecule has 0 spiro atoms. The first-order valence-corrected chi connectivity index (χ1v) is 5.87. The minimum Gasteiger partial charge on any atom is -0.275 e. The second kappa shape index (κ2) is 3.54. The van der Waals surface area contributed by atoms with E-state index in [0.29, 0.717) is 11.0 Å². The average molecular weight is 251 g/mol. The number of fused-ring (bicyclic) bond motifs is 1. The van der Waals surface area contributed by atoms with Gasteiger partial charge in [-0.25, -0.2) is 9.97 Å². The number of nitrogens with zero attached hydrogens (tertiary/aromatic N) is 3. The van der Waals surface area contributed by atoms with Crippen molar-refractivity contribution in [1.29, 1.82) is 0 Å². The predicted octanol–water partition coefficient (Wildman–Crippen LogP) is 3.04. The molecule has 0 aromatic carbocycles. The molecule has 0 saturated heterocycles. The molecule has 80 valence electrons. The number of hydrogen-bond acceptors (Lipinski definition) is 4. The highest BCUT2D eigenvalue weighted by Crippen LogP contribution is 2.29. The number of nitrogens with one attached hydrogen (secondary N) is 1. The van der Waals surface area contributed by atoms with Crippen molar-refractivity contribution in [3.05, 3.63) is 28.4 Å². The number of aryl methyl sites for hydroxylation is 1. The van der Waals surface area contributed by atoms with Crippen LogP contribution in [0, 0.1) is 6.92 Å². The van der Waals surface area contributed by atoms with Crippen molar-refractivity contribution < 1.29 is 0 Å². The second-order valence-corrected chi connectivity index (χ2v) is 4.98. The van der Waals surface area contributed by atoms with Crippen LogP contribution in [0.15, 0.2) is 18.3 Å². The Labute approximate surface area is 100 Å². The standard InChI is InChI=1S/C10H7ClN4S/c1-5-4-6-8(11)13-9(14-10(6)16-5)7-2-3-12-15-7/h2-4H,1H3,(H,12,15). The van der Waals surface area contributed by atoms with Crippen molar-refractivity contribution in [2.24, 2.45) is 0 Å². The van der Waals surface area contributed by atoms with Crippen LogP contribution in [-0.2, 0) is 0 Å². The number of H-pyrrole nitrogens is 1. The third kappa shape index (κ3) is 1.48. The monoisotopic (exact) mass is 250 g/mol. The van der Waals surface area contributed by atoms with Gasteiger partial charge in [0, 0.05) is 16.5 Å². The SMILES string of the molecule is Cc1cc2c(Cl)nc(-c3ccn[nH]3)nc2s1. The lowest BCUT2D eigenvalue weighted by Gasteiger charge is -1.97. The number of halogens is 1. The Morgan fingerprint density at radius 3 is 3.00 bits per heavy atom. The molecule has 6 heteroatoms. The fraction of sp³-hybridized carbons (Fsp3) is 0.100. The van der Waals surface area contributed by atoms with Gasteiger partial charge in [0.15, 0.2) is 5.82 Å². The van der Waals surface area contributed by atoms with Crippen LogP contribution in [0.3, 0.4) is 0 Å². The molecule has 0 fully saturated rings. The van der Waals surface area contributed by atoms with E-state index in [2.05, 4.69) is 20.2 Å². The lowest BCUT2D eigenvalue weighted by molar-refractivity contribution is 1.07. The summed E-state index contributed by atoms with van der Waals surface area (Å²) in [6.07, 6.45) is 1.66. The molecule has 0 aliphatic carbocycles. The lowest BCUT2D eigenvalue weighted by Crippen LogP contribution is -1.89. The molecule has 3 aromatic rings. The maximum atomic E-state index is 6.11. The van der Waals surface area contributed by atoms with Gasteiger partial charge in [0.2, 0.25) is 0 Å². The maximum Gasteiger partial charge on any atom is 0.180 e. The summed E-state index contributed by atoms with van der Waals surface area (Å²) >= 11 is 7.72. The molecule has 0 atom stereocenters. The number of hydrogen-bond donors (Lipinski definition) is 1. The van der Waals surface area contributed by atoms with E-state index in [-0.39, 0.29) is 0 Å². The zero-order chi connectivity index (χ0) is 11.1. The fourth-order valence-electron chi connectivity index (χ4n) is 1.51. The van der Waals surface area contributed by atoms with Crippen LogP contribution >= 0.6 is 22.9 Å². The average Bonchev–Trinajstić information content (AvgIpc) is 2.84. The second-order valence-electron chi connectivity index (χ2n) is 3.38. The highest BCUT2D eigenvalue weighted by Gasteiger charge is 2.10. The topological polar surface area (TPSA) is 54.5 Å². The minimum absolute atomic E-state index is 0.485. The van der Waals surface area contributed by atoms with Gasteiger partial charge in [0.25, 0.3) is 0 Å². The minimum atomic E-state index is 0.485. The van der Waals surface area contributed by atoms with E-state index in [1.807, 2.05) is 19.1 Å². The zero-order valence-corrected chi connectivity index (χ0v) is 9.93. The van der Waals surface area contributed by atoms with Crippen molar-refractivity contribution in [3.63, 3.8) is 0 Å². The Kier molecular flexibility index (Phi) is 2.15. The summed E-state index contributed by atoms with van der Waals surface area (Å²) in [6.45, 7) is 2.03. The van der Waals surface area contributed by atoms with Gasteiger partial charge in [-0.05, 0) is 19.1 Å². The molecule has 0 saturated carbocycles. The van der Waals surface area contributed by atoms with Crippen molar-refractivity contribution in [2.75, 3.05) is 0 Å². The maximum absolute atomic E-state index is 6.11. The molecule has 3 aromatic heterocycles. The fourth-order valence-corrected chi connectivity index (χ4v) is 2.67. The van der Waals surface area contributed by atoms with Gasteiger partial charge in [-0.15, -0.1) is 11.3 Å². The van der Waals surface area contributed by atoms with Crippen molar-refractivity contribution >= 4 is 33.2 Å². The van der Waals surface area contributed by atoms with Crippen LogP contribution in [0.5, 0.6) is 0 Å². The Morgan fingerprint density at radius 1 is 1.38 bits per heavy atom. The molecule has 0 unspecified atom stereocenters. The summed E-state index contributed by atoms with van der Waals surface area (Å²) < 4.78 is 0. The summed E-state index contributed by atoms with van der Waals surface area (Å²) in [5, 5.41) is 8.09. The van der Waals surface area contributed by atoms with Gasteiger partial charge in [-0.1, -0.05) is 11.6 Å². The van der Waals surface area contributed by atoms with Crippen LogP contribution in [0.4, 0.5) is 0 Å². The Bertz CT molecular complexity index is 644. The third-order valence-corrected chi connectivity index (χ3v) is 3.44. The molecule has 0 aliphatic heterocycles. The van der Waals surface area contributed by atoms with E-state index >= 15 is 0 Å². The Hall–Kier alpha value is -1.46.